The topological polar surface area (TPSA) is 72.9 Å². The number of aldehydes is 1. The van der Waals surface area contributed by atoms with Crippen LogP contribution in [0.4, 0.5) is 9.59 Å². The number of ether oxygens (including phenoxy) is 2. The summed E-state index contributed by atoms with van der Waals surface area (Å²) in [6.45, 7) is 7.04. The van der Waals surface area contributed by atoms with E-state index in [0.717, 1.165) is 9.37 Å². The van der Waals surface area contributed by atoms with E-state index in [0.29, 0.717) is 6.29 Å². The third kappa shape index (κ3) is 6.81. The van der Waals surface area contributed by atoms with Crippen LogP contribution in [0.5, 0.6) is 0 Å². The van der Waals surface area contributed by atoms with Gasteiger partial charge >= 0.3 is 12.2 Å². The van der Waals surface area contributed by atoms with Gasteiger partial charge in [-0.25, -0.2) is 14.5 Å². The number of hydrogen-bond acceptors (Lipinski definition) is 5. The molecule has 0 aromatic heterocycles. The van der Waals surface area contributed by atoms with Gasteiger partial charge in [-0.05, 0) is 39.8 Å². The van der Waals surface area contributed by atoms with E-state index >= 15 is 0 Å². The average Bonchev–Trinajstić information content (AvgIpc) is 2.82. The van der Waals surface area contributed by atoms with Crippen molar-refractivity contribution in [3.8, 4) is 0 Å². The summed E-state index contributed by atoms with van der Waals surface area (Å²) in [6, 6.07) is 8.22. The molecule has 2 rings (SSSR count). The van der Waals surface area contributed by atoms with Crippen molar-refractivity contribution in [3.05, 3.63) is 34.3 Å². The second-order valence-electron chi connectivity index (χ2n) is 5.94. The molecule has 1 aromatic rings. The molecule has 0 radical (unpaired) electrons. The lowest BCUT2D eigenvalue weighted by atomic mass is 10.2. The highest BCUT2D eigenvalue weighted by molar-refractivity contribution is 9.10. The van der Waals surface area contributed by atoms with Crippen molar-refractivity contribution in [2.24, 2.45) is 0 Å². The van der Waals surface area contributed by atoms with Gasteiger partial charge in [-0.3, -0.25) is 4.79 Å². The van der Waals surface area contributed by atoms with E-state index in [2.05, 4.69) is 39.7 Å². The van der Waals surface area contributed by atoms with Crippen LogP contribution in [-0.4, -0.2) is 41.6 Å². The standard InChI is InChI=1S/C9H13NO5.C7H7Br/c1-9(2,3)15-8(13)10-4-6(5-11)14-7(10)12;1-6-2-4-7(8)5-3-6/h5-6H,4H2,1-3H3;2-5H,1H3/t6-;/m0./s1. The van der Waals surface area contributed by atoms with Crippen LogP contribution in [0.3, 0.4) is 0 Å². The lowest BCUT2D eigenvalue weighted by Gasteiger charge is -2.21. The van der Waals surface area contributed by atoms with E-state index in [1.807, 2.05) is 12.1 Å². The maximum Gasteiger partial charge on any atom is 0.420 e. The van der Waals surface area contributed by atoms with E-state index in [9.17, 15) is 14.4 Å². The second kappa shape index (κ2) is 8.10. The summed E-state index contributed by atoms with van der Waals surface area (Å²) in [7, 11) is 0. The van der Waals surface area contributed by atoms with Crippen molar-refractivity contribution in [1.82, 2.24) is 4.90 Å². The first-order valence-electron chi connectivity index (χ1n) is 7.01. The SMILES string of the molecule is CC(C)(C)OC(=O)N1C[C@@H](C=O)OC1=O.Cc1ccc(Br)cc1. The monoisotopic (exact) mass is 385 g/mol. The highest BCUT2D eigenvalue weighted by atomic mass is 79.9. The van der Waals surface area contributed by atoms with Crippen molar-refractivity contribution < 1.29 is 23.9 Å². The number of imide groups is 1. The Hall–Kier alpha value is -1.89. The van der Waals surface area contributed by atoms with E-state index in [1.165, 1.54) is 5.56 Å². The summed E-state index contributed by atoms with van der Waals surface area (Å²) in [4.78, 5) is 33.7. The molecule has 0 spiro atoms. The minimum atomic E-state index is -0.884. The van der Waals surface area contributed by atoms with Crippen molar-refractivity contribution in [2.45, 2.75) is 39.4 Å². The fourth-order valence-corrected chi connectivity index (χ4v) is 1.82. The summed E-state index contributed by atoms with van der Waals surface area (Å²) in [5.41, 5.74) is 0.615. The summed E-state index contributed by atoms with van der Waals surface area (Å²) >= 11 is 3.35. The molecular formula is C16H20BrNO5. The van der Waals surface area contributed by atoms with Crippen LogP contribution < -0.4 is 0 Å². The Balaban J connectivity index is 0.000000277. The maximum absolute atomic E-state index is 11.4. The number of rotatable bonds is 1. The number of carbonyl (C=O) groups excluding carboxylic acids is 3. The predicted molar refractivity (Wildman–Crippen MR) is 88.2 cm³/mol. The number of benzene rings is 1. The van der Waals surface area contributed by atoms with Crippen LogP contribution in [0, 0.1) is 6.92 Å². The summed E-state index contributed by atoms with van der Waals surface area (Å²) in [5, 5.41) is 0. The zero-order chi connectivity index (χ0) is 17.6. The van der Waals surface area contributed by atoms with Gasteiger partial charge < -0.3 is 9.47 Å². The zero-order valence-corrected chi connectivity index (χ0v) is 15.1. The van der Waals surface area contributed by atoms with E-state index in [4.69, 9.17) is 4.74 Å². The highest BCUT2D eigenvalue weighted by Gasteiger charge is 2.37. The largest absolute Gasteiger partial charge is 0.443 e. The number of aryl methyl sites for hydroxylation is 1. The second-order valence-corrected chi connectivity index (χ2v) is 6.86. The number of halogens is 1. The van der Waals surface area contributed by atoms with Crippen molar-refractivity contribution in [1.29, 1.82) is 0 Å². The summed E-state index contributed by atoms with van der Waals surface area (Å²) in [6.07, 6.45) is -2.05. The van der Waals surface area contributed by atoms with Crippen LogP contribution in [-0.2, 0) is 14.3 Å². The lowest BCUT2D eigenvalue weighted by Crippen LogP contribution is -2.37. The molecule has 0 unspecified atom stereocenters. The van der Waals surface area contributed by atoms with Crippen LogP contribution in [0.15, 0.2) is 28.7 Å². The molecule has 1 aliphatic rings. The van der Waals surface area contributed by atoms with Crippen LogP contribution in [0.25, 0.3) is 0 Å². The van der Waals surface area contributed by atoms with Crippen LogP contribution >= 0.6 is 15.9 Å². The Labute approximate surface area is 143 Å². The first kappa shape index (κ1) is 19.2. The van der Waals surface area contributed by atoms with E-state index in [1.54, 1.807) is 20.8 Å². The molecule has 7 heteroatoms. The number of cyclic esters (lactones) is 1. The molecule has 126 valence electrons. The number of nitrogens with zero attached hydrogens (tertiary/aromatic N) is 1. The smallest absolute Gasteiger partial charge is 0.420 e. The summed E-state index contributed by atoms with van der Waals surface area (Å²) < 4.78 is 10.7. The molecule has 0 bridgehead atoms. The van der Waals surface area contributed by atoms with Crippen LogP contribution in [0.2, 0.25) is 0 Å². The highest BCUT2D eigenvalue weighted by Crippen LogP contribution is 2.15. The molecule has 1 saturated heterocycles. The Morgan fingerprint density at radius 1 is 1.35 bits per heavy atom. The number of carbonyl (C=O) groups is 3. The van der Waals surface area contributed by atoms with Gasteiger partial charge in [0.05, 0.1) is 6.54 Å². The molecule has 0 aliphatic carbocycles. The molecule has 2 amide bonds. The molecule has 0 N–H and O–H groups in total. The molecule has 1 aromatic carbocycles. The van der Waals surface area contributed by atoms with Crippen molar-refractivity contribution in [3.63, 3.8) is 0 Å². The van der Waals surface area contributed by atoms with Gasteiger partial charge in [-0.2, -0.15) is 0 Å². The van der Waals surface area contributed by atoms with Gasteiger partial charge in [0.2, 0.25) is 0 Å². The number of amides is 2. The zero-order valence-electron chi connectivity index (χ0n) is 13.5. The lowest BCUT2D eigenvalue weighted by molar-refractivity contribution is -0.113. The Morgan fingerprint density at radius 3 is 2.30 bits per heavy atom. The Bertz CT molecular complexity index is 544. The number of hydrogen-bond donors (Lipinski definition) is 0. The first-order valence-corrected chi connectivity index (χ1v) is 7.80. The van der Waals surface area contributed by atoms with Gasteiger partial charge in [0.25, 0.3) is 0 Å². The molecule has 1 atom stereocenters. The van der Waals surface area contributed by atoms with E-state index < -0.39 is 23.9 Å². The third-order valence-electron chi connectivity index (χ3n) is 2.61. The molecular weight excluding hydrogens is 366 g/mol. The van der Waals surface area contributed by atoms with E-state index in [-0.39, 0.29) is 6.54 Å². The van der Waals surface area contributed by atoms with Crippen molar-refractivity contribution in [2.75, 3.05) is 6.54 Å². The minimum Gasteiger partial charge on any atom is -0.443 e. The molecule has 23 heavy (non-hydrogen) atoms. The molecule has 1 aliphatic heterocycles. The molecule has 1 heterocycles. The van der Waals surface area contributed by atoms with Gasteiger partial charge in [0.1, 0.15) is 5.60 Å². The van der Waals surface area contributed by atoms with Gasteiger partial charge in [0.15, 0.2) is 12.4 Å². The fourth-order valence-electron chi connectivity index (χ4n) is 1.55. The average molecular weight is 386 g/mol. The third-order valence-corrected chi connectivity index (χ3v) is 3.14. The van der Waals surface area contributed by atoms with Crippen LogP contribution in [0.1, 0.15) is 26.3 Å². The quantitative estimate of drug-likeness (QED) is 0.689. The molecule has 6 nitrogen and oxygen atoms in total. The maximum atomic E-state index is 11.4. The molecule has 0 saturated carbocycles. The normalized spacial score (nSPS) is 17.0. The van der Waals surface area contributed by atoms with Gasteiger partial charge in [-0.1, -0.05) is 33.6 Å². The Kier molecular flexibility index (Phi) is 6.75. The molecule has 1 fully saturated rings. The Morgan fingerprint density at radius 2 is 1.91 bits per heavy atom. The van der Waals surface area contributed by atoms with Gasteiger partial charge in [0, 0.05) is 4.47 Å². The fraction of sp³-hybridized carbons (Fsp3) is 0.438. The summed E-state index contributed by atoms with van der Waals surface area (Å²) in [5.74, 6) is 0. The van der Waals surface area contributed by atoms with Gasteiger partial charge in [-0.15, -0.1) is 0 Å². The van der Waals surface area contributed by atoms with Crippen molar-refractivity contribution >= 4 is 34.4 Å². The minimum absolute atomic E-state index is 0.0861. The predicted octanol–water partition coefficient (Wildman–Crippen LogP) is 3.70. The first-order chi connectivity index (χ1) is 10.6.